The zero-order valence-electron chi connectivity index (χ0n) is 8.65. The number of rotatable bonds is 4. The van der Waals surface area contributed by atoms with Crippen LogP contribution in [0.4, 0.5) is 0 Å². The maximum Gasteiger partial charge on any atom is 0.208 e. The Bertz CT molecular complexity index is 404. The first-order chi connectivity index (χ1) is 7.25. The number of hydrogen-bond donors (Lipinski definition) is 1. The summed E-state index contributed by atoms with van der Waals surface area (Å²) in [4.78, 5) is 4.27. The molecule has 0 aromatic carbocycles. The molecule has 0 spiro atoms. The lowest BCUT2D eigenvalue weighted by Crippen LogP contribution is -2.13. The quantitative estimate of drug-likeness (QED) is 0.851. The fraction of sp³-hybridized carbons (Fsp3) is 0.444. The van der Waals surface area contributed by atoms with Gasteiger partial charge >= 0.3 is 0 Å². The molecule has 1 N–H and O–H groups in total. The average molecular weight is 224 g/mol. The van der Waals surface area contributed by atoms with Crippen molar-refractivity contribution in [3.8, 4) is 0 Å². The predicted molar refractivity (Wildman–Crippen MR) is 56.4 cm³/mol. The Labute approximate surface area is 91.7 Å². The summed E-state index contributed by atoms with van der Waals surface area (Å²) in [6, 6.07) is 0. The van der Waals surface area contributed by atoms with Crippen LogP contribution in [0.1, 0.15) is 23.0 Å². The van der Waals surface area contributed by atoms with Gasteiger partial charge in [-0.3, -0.25) is 0 Å². The van der Waals surface area contributed by atoms with Gasteiger partial charge in [0.1, 0.15) is 5.76 Å². The third-order valence-corrected chi connectivity index (χ3v) is 2.61. The SMILES string of the molecule is Cc1nc(CNCc2csnn2)oc1C. The zero-order chi connectivity index (χ0) is 10.7. The van der Waals surface area contributed by atoms with Crippen LogP contribution in [0.15, 0.2) is 9.80 Å². The van der Waals surface area contributed by atoms with Crippen LogP contribution < -0.4 is 5.32 Å². The zero-order valence-corrected chi connectivity index (χ0v) is 9.47. The second kappa shape index (κ2) is 4.50. The van der Waals surface area contributed by atoms with E-state index in [0.29, 0.717) is 19.0 Å². The summed E-state index contributed by atoms with van der Waals surface area (Å²) in [5, 5.41) is 9.03. The Balaban J connectivity index is 1.83. The van der Waals surface area contributed by atoms with Crippen molar-refractivity contribution in [1.29, 1.82) is 0 Å². The molecular formula is C9H12N4OS. The van der Waals surface area contributed by atoms with Crippen molar-refractivity contribution in [2.45, 2.75) is 26.9 Å². The molecule has 80 valence electrons. The van der Waals surface area contributed by atoms with E-state index in [2.05, 4.69) is 19.9 Å². The first kappa shape index (κ1) is 10.3. The fourth-order valence-electron chi connectivity index (χ4n) is 1.17. The van der Waals surface area contributed by atoms with Crippen LogP contribution in [0.25, 0.3) is 0 Å². The lowest BCUT2D eigenvalue weighted by Gasteiger charge is -1.97. The molecule has 0 aliphatic heterocycles. The Morgan fingerprint density at radius 2 is 2.27 bits per heavy atom. The van der Waals surface area contributed by atoms with Crippen molar-refractivity contribution in [3.63, 3.8) is 0 Å². The minimum Gasteiger partial charge on any atom is -0.444 e. The molecule has 0 aliphatic carbocycles. The van der Waals surface area contributed by atoms with E-state index >= 15 is 0 Å². The molecule has 2 aromatic heterocycles. The molecule has 0 bridgehead atoms. The molecule has 2 heterocycles. The number of oxazole rings is 1. The monoisotopic (exact) mass is 224 g/mol. The normalized spacial score (nSPS) is 10.8. The first-order valence-electron chi connectivity index (χ1n) is 4.65. The number of nitrogens with one attached hydrogen (secondary N) is 1. The van der Waals surface area contributed by atoms with Gasteiger partial charge in [0, 0.05) is 11.9 Å². The van der Waals surface area contributed by atoms with Gasteiger partial charge in [0.2, 0.25) is 5.89 Å². The second-order valence-corrected chi connectivity index (χ2v) is 3.86. The number of nitrogens with zero attached hydrogens (tertiary/aromatic N) is 3. The van der Waals surface area contributed by atoms with Crippen LogP contribution in [-0.4, -0.2) is 14.6 Å². The van der Waals surface area contributed by atoms with Gasteiger partial charge in [-0.05, 0) is 25.4 Å². The highest BCUT2D eigenvalue weighted by Gasteiger charge is 2.04. The smallest absolute Gasteiger partial charge is 0.208 e. The molecule has 0 saturated carbocycles. The molecule has 0 saturated heterocycles. The van der Waals surface area contributed by atoms with E-state index < -0.39 is 0 Å². The summed E-state index contributed by atoms with van der Waals surface area (Å²) >= 11 is 1.35. The fourth-order valence-corrected chi connectivity index (χ4v) is 1.62. The number of hydrogen-bond acceptors (Lipinski definition) is 6. The summed E-state index contributed by atoms with van der Waals surface area (Å²) in [5.74, 6) is 1.59. The minimum atomic E-state index is 0.617. The van der Waals surface area contributed by atoms with Crippen LogP contribution in [-0.2, 0) is 13.1 Å². The molecule has 0 radical (unpaired) electrons. The molecule has 0 aliphatic rings. The molecule has 6 heteroatoms. The maximum absolute atomic E-state index is 5.43. The molecule has 5 nitrogen and oxygen atoms in total. The molecule has 2 rings (SSSR count). The Hall–Kier alpha value is -1.27. The van der Waals surface area contributed by atoms with E-state index in [1.165, 1.54) is 11.5 Å². The highest BCUT2D eigenvalue weighted by molar-refractivity contribution is 7.03. The third kappa shape index (κ3) is 2.60. The Kier molecular flexibility index (Phi) is 3.08. The summed E-state index contributed by atoms with van der Waals surface area (Å²) in [5.41, 5.74) is 1.89. The van der Waals surface area contributed by atoms with Gasteiger partial charge in [0.05, 0.1) is 17.9 Å². The van der Waals surface area contributed by atoms with Gasteiger partial charge in [-0.25, -0.2) is 4.98 Å². The van der Waals surface area contributed by atoms with Crippen molar-refractivity contribution in [3.05, 3.63) is 28.4 Å². The van der Waals surface area contributed by atoms with Gasteiger partial charge in [0.25, 0.3) is 0 Å². The second-order valence-electron chi connectivity index (χ2n) is 3.25. The molecular weight excluding hydrogens is 212 g/mol. The van der Waals surface area contributed by atoms with Gasteiger partial charge in [-0.15, -0.1) is 5.10 Å². The molecule has 0 fully saturated rings. The first-order valence-corrected chi connectivity index (χ1v) is 5.49. The van der Waals surface area contributed by atoms with Gasteiger partial charge in [-0.2, -0.15) is 0 Å². The summed E-state index contributed by atoms with van der Waals surface area (Å²) in [7, 11) is 0. The van der Waals surface area contributed by atoms with Gasteiger partial charge in [0.15, 0.2) is 0 Å². The molecule has 0 unspecified atom stereocenters. The highest BCUT2D eigenvalue weighted by atomic mass is 32.1. The highest BCUT2D eigenvalue weighted by Crippen LogP contribution is 2.07. The topological polar surface area (TPSA) is 63.8 Å². The summed E-state index contributed by atoms with van der Waals surface area (Å²) in [6.45, 7) is 5.16. The van der Waals surface area contributed by atoms with Gasteiger partial charge < -0.3 is 9.73 Å². The lowest BCUT2D eigenvalue weighted by molar-refractivity contribution is 0.448. The van der Waals surface area contributed by atoms with E-state index in [1.807, 2.05) is 19.2 Å². The van der Waals surface area contributed by atoms with E-state index in [-0.39, 0.29) is 0 Å². The van der Waals surface area contributed by atoms with Crippen LogP contribution in [0, 0.1) is 13.8 Å². The number of aryl methyl sites for hydroxylation is 2. The molecule has 0 atom stereocenters. The summed E-state index contributed by atoms with van der Waals surface area (Å²) < 4.78 is 9.21. The molecule has 0 amide bonds. The van der Waals surface area contributed by atoms with Crippen LogP contribution >= 0.6 is 11.5 Å². The van der Waals surface area contributed by atoms with Crippen molar-refractivity contribution in [2.75, 3.05) is 0 Å². The van der Waals surface area contributed by atoms with Crippen molar-refractivity contribution < 1.29 is 4.42 Å². The third-order valence-electron chi connectivity index (χ3n) is 2.06. The van der Waals surface area contributed by atoms with Crippen LogP contribution in [0.5, 0.6) is 0 Å². The van der Waals surface area contributed by atoms with Crippen LogP contribution in [0.3, 0.4) is 0 Å². The van der Waals surface area contributed by atoms with Gasteiger partial charge in [-0.1, -0.05) is 4.49 Å². The Morgan fingerprint density at radius 3 is 2.87 bits per heavy atom. The van der Waals surface area contributed by atoms with E-state index in [1.54, 1.807) is 0 Å². The van der Waals surface area contributed by atoms with Crippen molar-refractivity contribution >= 4 is 11.5 Å². The molecule has 15 heavy (non-hydrogen) atoms. The summed E-state index contributed by atoms with van der Waals surface area (Å²) in [6.07, 6.45) is 0. The average Bonchev–Trinajstić information content (AvgIpc) is 2.79. The lowest BCUT2D eigenvalue weighted by atomic mass is 10.4. The van der Waals surface area contributed by atoms with E-state index in [4.69, 9.17) is 4.42 Å². The predicted octanol–water partition coefficient (Wildman–Crippen LogP) is 1.43. The minimum absolute atomic E-state index is 0.617. The van der Waals surface area contributed by atoms with Crippen LogP contribution in [0.2, 0.25) is 0 Å². The maximum atomic E-state index is 5.43. The van der Waals surface area contributed by atoms with E-state index in [0.717, 1.165) is 17.1 Å². The largest absolute Gasteiger partial charge is 0.444 e. The Morgan fingerprint density at radius 1 is 1.40 bits per heavy atom. The standard InChI is InChI=1S/C9H12N4OS/c1-6-7(2)14-9(11-6)4-10-3-8-5-15-13-12-8/h5,10H,3-4H2,1-2H3. The van der Waals surface area contributed by atoms with Crippen molar-refractivity contribution in [1.82, 2.24) is 19.9 Å². The number of aromatic nitrogens is 3. The molecule has 2 aromatic rings. The van der Waals surface area contributed by atoms with Crippen molar-refractivity contribution in [2.24, 2.45) is 0 Å². The van der Waals surface area contributed by atoms with E-state index in [9.17, 15) is 0 Å².